The minimum absolute atomic E-state index is 0.00142. The molecule has 0 spiro atoms. The van der Waals surface area contributed by atoms with E-state index in [1.54, 1.807) is 6.07 Å². The lowest BCUT2D eigenvalue weighted by Crippen LogP contribution is -2.12. The van der Waals surface area contributed by atoms with Crippen LogP contribution >= 0.6 is 0 Å². The zero-order valence-corrected chi connectivity index (χ0v) is 11.3. The minimum Gasteiger partial charge on any atom is -0.439 e. The lowest BCUT2D eigenvalue weighted by Gasteiger charge is -2.22. The largest absolute Gasteiger partial charge is 0.439 e. The van der Waals surface area contributed by atoms with Crippen molar-refractivity contribution in [1.82, 2.24) is 9.97 Å². The van der Waals surface area contributed by atoms with Crippen molar-refractivity contribution in [2.24, 2.45) is 5.84 Å². The molecule has 100 valence electrons. The first-order chi connectivity index (χ1) is 9.00. The summed E-state index contributed by atoms with van der Waals surface area (Å²) in [6.45, 7) is 6.42. The fourth-order valence-corrected chi connectivity index (χ4v) is 1.76. The van der Waals surface area contributed by atoms with Crippen molar-refractivity contribution in [3.05, 3.63) is 42.2 Å². The Kier molecular flexibility index (Phi) is 3.66. The summed E-state index contributed by atoms with van der Waals surface area (Å²) in [5.41, 5.74) is 3.59. The van der Waals surface area contributed by atoms with Crippen LogP contribution in [0.1, 0.15) is 26.3 Å². The fourth-order valence-electron chi connectivity index (χ4n) is 1.76. The van der Waals surface area contributed by atoms with E-state index in [4.69, 9.17) is 10.6 Å². The number of nitrogens with two attached hydrogens (primary N) is 1. The van der Waals surface area contributed by atoms with Gasteiger partial charge in [-0.1, -0.05) is 39.0 Å². The van der Waals surface area contributed by atoms with E-state index in [1.807, 2.05) is 18.2 Å². The number of benzene rings is 1. The summed E-state index contributed by atoms with van der Waals surface area (Å²) in [7, 11) is 0. The smallest absolute Gasteiger partial charge is 0.224 e. The van der Waals surface area contributed by atoms with Crippen LogP contribution < -0.4 is 16.0 Å². The summed E-state index contributed by atoms with van der Waals surface area (Å²) in [4.78, 5) is 8.02. The van der Waals surface area contributed by atoms with Crippen LogP contribution in [0.2, 0.25) is 0 Å². The van der Waals surface area contributed by atoms with Crippen molar-refractivity contribution < 1.29 is 4.74 Å². The van der Waals surface area contributed by atoms with Crippen LogP contribution in [0.25, 0.3) is 0 Å². The van der Waals surface area contributed by atoms with Gasteiger partial charge < -0.3 is 10.2 Å². The van der Waals surface area contributed by atoms with Gasteiger partial charge in [0.1, 0.15) is 17.9 Å². The molecule has 2 rings (SSSR count). The average Bonchev–Trinajstić information content (AvgIpc) is 2.38. The molecule has 1 heterocycles. The van der Waals surface area contributed by atoms with Crippen LogP contribution in [0.15, 0.2) is 36.7 Å². The normalized spacial score (nSPS) is 11.2. The molecule has 0 fully saturated rings. The molecule has 5 heteroatoms. The monoisotopic (exact) mass is 258 g/mol. The van der Waals surface area contributed by atoms with Crippen molar-refractivity contribution in [2.75, 3.05) is 5.43 Å². The molecule has 0 aliphatic rings. The molecule has 0 saturated heterocycles. The number of para-hydroxylation sites is 1. The SMILES string of the molecule is CC(C)(C)c1ccccc1Oc1cc(NN)ncn1. The van der Waals surface area contributed by atoms with E-state index < -0.39 is 0 Å². The van der Waals surface area contributed by atoms with Gasteiger partial charge in [-0.05, 0) is 11.5 Å². The highest BCUT2D eigenvalue weighted by molar-refractivity contribution is 5.42. The molecule has 1 aromatic heterocycles. The predicted molar refractivity (Wildman–Crippen MR) is 75.1 cm³/mol. The molecule has 5 nitrogen and oxygen atoms in total. The van der Waals surface area contributed by atoms with E-state index >= 15 is 0 Å². The molecule has 0 aliphatic heterocycles. The topological polar surface area (TPSA) is 73.1 Å². The van der Waals surface area contributed by atoms with E-state index in [0.717, 1.165) is 11.3 Å². The van der Waals surface area contributed by atoms with E-state index in [9.17, 15) is 0 Å². The van der Waals surface area contributed by atoms with Gasteiger partial charge in [0.2, 0.25) is 5.88 Å². The highest BCUT2D eigenvalue weighted by Crippen LogP contribution is 2.33. The van der Waals surface area contributed by atoms with Gasteiger partial charge in [0.05, 0.1) is 0 Å². The zero-order valence-electron chi connectivity index (χ0n) is 11.3. The van der Waals surface area contributed by atoms with E-state index in [-0.39, 0.29) is 5.41 Å². The Bertz CT molecular complexity index is 563. The highest BCUT2D eigenvalue weighted by Gasteiger charge is 2.19. The van der Waals surface area contributed by atoms with E-state index in [0.29, 0.717) is 11.7 Å². The minimum atomic E-state index is -0.00142. The van der Waals surface area contributed by atoms with Gasteiger partial charge in [0.15, 0.2) is 0 Å². The van der Waals surface area contributed by atoms with Crippen molar-refractivity contribution in [1.29, 1.82) is 0 Å². The maximum absolute atomic E-state index is 5.83. The highest BCUT2D eigenvalue weighted by atomic mass is 16.5. The summed E-state index contributed by atoms with van der Waals surface area (Å²) < 4.78 is 5.83. The Morgan fingerprint density at radius 1 is 1.16 bits per heavy atom. The van der Waals surface area contributed by atoms with Gasteiger partial charge in [-0.2, -0.15) is 0 Å². The van der Waals surface area contributed by atoms with Gasteiger partial charge in [0.25, 0.3) is 0 Å². The second-order valence-electron chi connectivity index (χ2n) is 5.23. The third-order valence-corrected chi connectivity index (χ3v) is 2.70. The molecule has 0 atom stereocenters. The second-order valence-corrected chi connectivity index (χ2v) is 5.23. The first-order valence-corrected chi connectivity index (χ1v) is 6.07. The van der Waals surface area contributed by atoms with Crippen molar-refractivity contribution in [3.8, 4) is 11.6 Å². The van der Waals surface area contributed by atoms with Gasteiger partial charge in [0, 0.05) is 11.6 Å². The number of ether oxygens (including phenoxy) is 1. The molecule has 0 radical (unpaired) electrons. The molecule has 0 bridgehead atoms. The van der Waals surface area contributed by atoms with Crippen molar-refractivity contribution in [2.45, 2.75) is 26.2 Å². The Labute approximate surface area is 112 Å². The maximum atomic E-state index is 5.83. The van der Waals surface area contributed by atoms with Crippen LogP contribution in [-0.4, -0.2) is 9.97 Å². The third kappa shape index (κ3) is 3.20. The quantitative estimate of drug-likeness (QED) is 0.654. The summed E-state index contributed by atoms with van der Waals surface area (Å²) in [6.07, 6.45) is 1.41. The Morgan fingerprint density at radius 2 is 1.89 bits per heavy atom. The molecule has 19 heavy (non-hydrogen) atoms. The average molecular weight is 258 g/mol. The molecular weight excluding hydrogens is 240 g/mol. The van der Waals surface area contributed by atoms with Crippen LogP contribution in [0.3, 0.4) is 0 Å². The number of hydrogen-bond acceptors (Lipinski definition) is 5. The van der Waals surface area contributed by atoms with E-state index in [2.05, 4.69) is 42.2 Å². The zero-order chi connectivity index (χ0) is 13.9. The molecule has 1 aromatic carbocycles. The molecule has 0 aliphatic carbocycles. The number of hydrogen-bond donors (Lipinski definition) is 2. The predicted octanol–water partition coefficient (Wildman–Crippen LogP) is 2.85. The summed E-state index contributed by atoms with van der Waals surface area (Å²) in [5.74, 6) is 7.07. The van der Waals surface area contributed by atoms with Crippen LogP contribution in [0, 0.1) is 0 Å². The first-order valence-electron chi connectivity index (χ1n) is 6.07. The summed E-state index contributed by atoms with van der Waals surface area (Å²) in [5, 5.41) is 0. The molecule has 2 aromatic rings. The third-order valence-electron chi connectivity index (χ3n) is 2.70. The molecule has 3 N–H and O–H groups in total. The Balaban J connectivity index is 2.33. The van der Waals surface area contributed by atoms with Crippen LogP contribution in [0.5, 0.6) is 11.6 Å². The maximum Gasteiger partial charge on any atom is 0.224 e. The first kappa shape index (κ1) is 13.3. The lowest BCUT2D eigenvalue weighted by atomic mass is 9.86. The number of nitrogens with one attached hydrogen (secondary N) is 1. The molecule has 0 amide bonds. The summed E-state index contributed by atoms with van der Waals surface area (Å²) in [6, 6.07) is 9.57. The van der Waals surface area contributed by atoms with Gasteiger partial charge in [-0.25, -0.2) is 15.8 Å². The molecule has 0 unspecified atom stereocenters. The number of anilines is 1. The molecular formula is C14H18N4O. The van der Waals surface area contributed by atoms with Crippen LogP contribution in [0.4, 0.5) is 5.82 Å². The Morgan fingerprint density at radius 3 is 2.58 bits per heavy atom. The van der Waals surface area contributed by atoms with E-state index in [1.165, 1.54) is 6.33 Å². The number of aromatic nitrogens is 2. The molecule has 0 saturated carbocycles. The summed E-state index contributed by atoms with van der Waals surface area (Å²) >= 11 is 0. The van der Waals surface area contributed by atoms with Gasteiger partial charge in [-0.3, -0.25) is 0 Å². The number of nitrogens with zero attached hydrogens (tertiary/aromatic N) is 2. The van der Waals surface area contributed by atoms with Crippen molar-refractivity contribution >= 4 is 5.82 Å². The Hall–Kier alpha value is -2.14. The lowest BCUT2D eigenvalue weighted by molar-refractivity contribution is 0.439. The second kappa shape index (κ2) is 5.24. The van der Waals surface area contributed by atoms with Crippen LogP contribution in [-0.2, 0) is 5.41 Å². The number of nitrogen functional groups attached to an aromatic ring is 1. The fraction of sp³-hybridized carbons (Fsp3) is 0.286. The van der Waals surface area contributed by atoms with Crippen molar-refractivity contribution in [3.63, 3.8) is 0 Å². The number of hydrazine groups is 1. The van der Waals surface area contributed by atoms with Gasteiger partial charge in [-0.15, -0.1) is 0 Å². The number of rotatable bonds is 3. The van der Waals surface area contributed by atoms with Gasteiger partial charge >= 0.3 is 0 Å². The standard InChI is InChI=1S/C14H18N4O/c1-14(2,3)10-6-4-5-7-11(10)19-13-8-12(18-15)16-9-17-13/h4-9H,15H2,1-3H3,(H,16,17,18).